The molecule has 7 heteroatoms. The van der Waals surface area contributed by atoms with Crippen molar-refractivity contribution in [3.63, 3.8) is 0 Å². The van der Waals surface area contributed by atoms with Crippen LogP contribution in [0.5, 0.6) is 0 Å². The highest BCUT2D eigenvalue weighted by atomic mass is 32.2. The summed E-state index contributed by atoms with van der Waals surface area (Å²) in [6.45, 7) is 6.24. The van der Waals surface area contributed by atoms with Crippen molar-refractivity contribution in [3.8, 4) is 6.07 Å². The number of rotatable bonds is 8. The Hall–Kier alpha value is -2.33. The van der Waals surface area contributed by atoms with Crippen LogP contribution in [0.2, 0.25) is 0 Å². The first-order valence-electron chi connectivity index (χ1n) is 7.80. The Morgan fingerprint density at radius 1 is 1.32 bits per heavy atom. The number of nitriles is 1. The lowest BCUT2D eigenvalue weighted by Crippen LogP contribution is -2.50. The van der Waals surface area contributed by atoms with Gasteiger partial charge in [-0.05, 0) is 31.9 Å². The van der Waals surface area contributed by atoms with Crippen molar-refractivity contribution in [2.24, 2.45) is 5.92 Å². The molecular weight excluding hydrogens is 340 g/mol. The molecule has 6 nitrogen and oxygen atoms in total. The van der Waals surface area contributed by atoms with Gasteiger partial charge in [-0.1, -0.05) is 26.0 Å². The molecule has 1 N–H and O–H groups in total. The zero-order valence-electron chi connectivity index (χ0n) is 14.8. The van der Waals surface area contributed by atoms with Crippen LogP contribution in [0.25, 0.3) is 0 Å². The number of nitrogens with one attached hydrogen (secondary N) is 1. The number of Topliss-reactive ketones (excluding diaryl/α,β-unsaturated/α-hetero) is 1. The van der Waals surface area contributed by atoms with E-state index >= 15 is 0 Å². The normalized spacial score (nSPS) is 12.8. The van der Waals surface area contributed by atoms with E-state index in [0.717, 1.165) is 0 Å². The molecular formula is C18H22N2O4S. The predicted molar refractivity (Wildman–Crippen MR) is 95.1 cm³/mol. The van der Waals surface area contributed by atoms with Gasteiger partial charge in [0, 0.05) is 4.90 Å². The summed E-state index contributed by atoms with van der Waals surface area (Å²) in [5.74, 6) is -1.04. The molecule has 0 aliphatic carbocycles. The summed E-state index contributed by atoms with van der Waals surface area (Å²) in [6.07, 6.45) is 0. The third-order valence-corrected chi connectivity index (χ3v) is 4.88. The van der Waals surface area contributed by atoms with Crippen molar-refractivity contribution < 1.29 is 19.1 Å². The molecule has 0 fully saturated rings. The minimum Gasteiger partial charge on any atom is -0.452 e. The van der Waals surface area contributed by atoms with Gasteiger partial charge in [-0.15, -0.1) is 11.8 Å². The third-order valence-electron chi connectivity index (χ3n) is 3.66. The number of ether oxygens (including phenoxy) is 1. The number of benzene rings is 1. The van der Waals surface area contributed by atoms with Gasteiger partial charge in [-0.25, -0.2) is 4.79 Å². The number of hydrogen-bond acceptors (Lipinski definition) is 6. The average Bonchev–Trinajstić information content (AvgIpc) is 2.57. The number of carbonyl (C=O) groups is 3. The van der Waals surface area contributed by atoms with Gasteiger partial charge in [0.25, 0.3) is 5.91 Å². The fourth-order valence-corrected chi connectivity index (χ4v) is 2.62. The number of thioether (sulfide) groups is 1. The smallest absolute Gasteiger partial charge is 0.339 e. The first kappa shape index (κ1) is 20.7. The summed E-state index contributed by atoms with van der Waals surface area (Å²) in [4.78, 5) is 35.9. The van der Waals surface area contributed by atoms with Crippen LogP contribution in [0.3, 0.4) is 0 Å². The van der Waals surface area contributed by atoms with E-state index < -0.39 is 24.0 Å². The van der Waals surface area contributed by atoms with Crippen LogP contribution in [-0.4, -0.2) is 35.6 Å². The fraction of sp³-hybridized carbons (Fsp3) is 0.444. The fourth-order valence-electron chi connectivity index (χ4n) is 1.78. The zero-order chi connectivity index (χ0) is 19.0. The molecule has 0 bridgehead atoms. The summed E-state index contributed by atoms with van der Waals surface area (Å²) in [5, 5.41) is 11.8. The largest absolute Gasteiger partial charge is 0.452 e. The summed E-state index contributed by atoms with van der Waals surface area (Å²) < 4.78 is 5.05. The lowest BCUT2D eigenvalue weighted by atomic mass is 9.90. The van der Waals surface area contributed by atoms with Crippen molar-refractivity contribution in [2.75, 3.05) is 12.4 Å². The zero-order valence-corrected chi connectivity index (χ0v) is 15.6. The van der Waals surface area contributed by atoms with Crippen LogP contribution in [-0.2, 0) is 14.3 Å². The molecule has 25 heavy (non-hydrogen) atoms. The van der Waals surface area contributed by atoms with Crippen LogP contribution >= 0.6 is 11.8 Å². The second-order valence-electron chi connectivity index (χ2n) is 6.08. The van der Waals surface area contributed by atoms with E-state index in [2.05, 4.69) is 11.4 Å². The molecule has 0 radical (unpaired) electrons. The molecule has 0 aromatic heterocycles. The van der Waals surface area contributed by atoms with E-state index in [1.165, 1.54) is 18.7 Å². The van der Waals surface area contributed by atoms with Gasteiger partial charge in [0.15, 0.2) is 6.61 Å². The highest BCUT2D eigenvalue weighted by Crippen LogP contribution is 2.23. The lowest BCUT2D eigenvalue weighted by Gasteiger charge is -2.27. The maximum absolute atomic E-state index is 12.2. The first-order chi connectivity index (χ1) is 11.7. The molecule has 0 unspecified atom stereocenters. The van der Waals surface area contributed by atoms with E-state index in [9.17, 15) is 19.6 Å². The van der Waals surface area contributed by atoms with Gasteiger partial charge in [0.05, 0.1) is 17.4 Å². The Balaban J connectivity index is 2.70. The number of carbonyl (C=O) groups excluding carboxylic acids is 3. The Kier molecular flexibility index (Phi) is 7.65. The van der Waals surface area contributed by atoms with Crippen molar-refractivity contribution in [2.45, 2.75) is 38.1 Å². The van der Waals surface area contributed by atoms with Gasteiger partial charge in [-0.3, -0.25) is 9.59 Å². The van der Waals surface area contributed by atoms with Gasteiger partial charge < -0.3 is 10.1 Å². The molecule has 1 atom stereocenters. The Bertz CT molecular complexity index is 697. The van der Waals surface area contributed by atoms with Crippen molar-refractivity contribution in [1.29, 1.82) is 5.26 Å². The lowest BCUT2D eigenvalue weighted by molar-refractivity contribution is -0.125. The Morgan fingerprint density at radius 2 is 1.96 bits per heavy atom. The number of nitrogens with zero attached hydrogens (tertiary/aromatic N) is 1. The van der Waals surface area contributed by atoms with Gasteiger partial charge in [0.2, 0.25) is 0 Å². The second kappa shape index (κ2) is 9.23. The third kappa shape index (κ3) is 6.24. The molecule has 0 saturated heterocycles. The van der Waals surface area contributed by atoms with Crippen LogP contribution in [0, 0.1) is 17.2 Å². The van der Waals surface area contributed by atoms with Crippen LogP contribution in [0.1, 0.15) is 38.1 Å². The maximum Gasteiger partial charge on any atom is 0.339 e. The second-order valence-corrected chi connectivity index (χ2v) is 7.10. The summed E-state index contributed by atoms with van der Waals surface area (Å²) in [6, 6.07) is 8.79. The van der Waals surface area contributed by atoms with E-state index in [-0.39, 0.29) is 17.5 Å². The van der Waals surface area contributed by atoms with E-state index in [1.54, 1.807) is 31.2 Å². The quantitative estimate of drug-likeness (QED) is 0.564. The van der Waals surface area contributed by atoms with E-state index in [1.807, 2.05) is 13.8 Å². The van der Waals surface area contributed by atoms with Crippen molar-refractivity contribution in [3.05, 3.63) is 29.8 Å². The highest BCUT2D eigenvalue weighted by molar-refractivity contribution is 8.00. The van der Waals surface area contributed by atoms with Gasteiger partial charge >= 0.3 is 5.97 Å². The summed E-state index contributed by atoms with van der Waals surface area (Å²) >= 11 is 1.24. The average molecular weight is 362 g/mol. The molecule has 1 rings (SSSR count). The number of esters is 1. The van der Waals surface area contributed by atoms with E-state index in [4.69, 9.17) is 4.74 Å². The van der Waals surface area contributed by atoms with Gasteiger partial charge in [-0.2, -0.15) is 5.26 Å². The minimum absolute atomic E-state index is 0.00276. The molecule has 1 amide bonds. The Morgan fingerprint density at radius 3 is 2.52 bits per heavy atom. The SMILES string of the molecule is CC(=O)CSc1ccccc1C(=O)OCC(=O)N[C@@](C)(C#N)C(C)C. The summed E-state index contributed by atoms with van der Waals surface area (Å²) in [5.41, 5.74) is -0.730. The minimum atomic E-state index is -1.03. The molecule has 1 aromatic rings. The van der Waals surface area contributed by atoms with E-state index in [0.29, 0.717) is 10.5 Å². The molecule has 0 spiro atoms. The molecule has 0 aliphatic heterocycles. The predicted octanol–water partition coefficient (Wildman–Crippen LogP) is 2.58. The van der Waals surface area contributed by atoms with Gasteiger partial charge in [0.1, 0.15) is 11.3 Å². The number of amides is 1. The molecule has 0 aliphatic rings. The first-order valence-corrected chi connectivity index (χ1v) is 8.79. The Labute approximate surface area is 151 Å². The van der Waals surface area contributed by atoms with Crippen molar-refractivity contribution in [1.82, 2.24) is 5.32 Å². The highest BCUT2D eigenvalue weighted by Gasteiger charge is 2.30. The topological polar surface area (TPSA) is 96.3 Å². The summed E-state index contributed by atoms with van der Waals surface area (Å²) in [7, 11) is 0. The van der Waals surface area contributed by atoms with Crippen LogP contribution in [0.15, 0.2) is 29.2 Å². The molecule has 0 heterocycles. The van der Waals surface area contributed by atoms with Crippen molar-refractivity contribution >= 4 is 29.4 Å². The standard InChI is InChI=1S/C18H22N2O4S/c1-12(2)18(4,11-19)20-16(22)9-24-17(23)14-7-5-6-8-15(14)25-10-13(3)21/h5-8,12H,9-10H2,1-4H3,(H,20,22)/t18-/m0/s1. The monoisotopic (exact) mass is 362 g/mol. The molecule has 1 aromatic carbocycles. The molecule has 0 saturated carbocycles. The molecule has 134 valence electrons. The number of ketones is 1. The maximum atomic E-state index is 12.2. The number of hydrogen-bond donors (Lipinski definition) is 1. The van der Waals surface area contributed by atoms with Crippen LogP contribution in [0.4, 0.5) is 0 Å². The van der Waals surface area contributed by atoms with Crippen LogP contribution < -0.4 is 5.32 Å².